The van der Waals surface area contributed by atoms with Gasteiger partial charge in [-0.25, -0.2) is 4.73 Å². The van der Waals surface area contributed by atoms with Crippen LogP contribution in [0.1, 0.15) is 50.9 Å². The van der Waals surface area contributed by atoms with Crippen molar-refractivity contribution in [2.45, 2.75) is 50.7 Å². The molecule has 2 unspecified atom stereocenters. The average molecular weight is 342 g/mol. The average Bonchev–Trinajstić information content (AvgIpc) is 2.54. The van der Waals surface area contributed by atoms with Gasteiger partial charge in [0.05, 0.1) is 27.1 Å². The summed E-state index contributed by atoms with van der Waals surface area (Å²) in [7, 11) is 0. The van der Waals surface area contributed by atoms with Crippen molar-refractivity contribution in [3.63, 3.8) is 0 Å². The summed E-state index contributed by atoms with van der Waals surface area (Å²) >= 11 is 0. The molecule has 1 aromatic heterocycles. The van der Waals surface area contributed by atoms with Gasteiger partial charge in [0, 0.05) is 12.1 Å². The molecule has 8 nitrogen and oxygen atoms in total. The summed E-state index contributed by atoms with van der Waals surface area (Å²) in [6.45, 7) is 5.93. The highest BCUT2D eigenvalue weighted by Gasteiger charge is 2.56. The summed E-state index contributed by atoms with van der Waals surface area (Å²) in [5.41, 5.74) is 0.606. The fraction of sp³-hybridized carbons (Fsp3) is 0.471. The van der Waals surface area contributed by atoms with E-state index in [1.165, 1.54) is 24.3 Å². The molecule has 130 valence electrons. The Bertz CT molecular complexity index is 881. The quantitative estimate of drug-likeness (QED) is 0.359. The van der Waals surface area contributed by atoms with Crippen LogP contribution in [-0.4, -0.2) is 20.7 Å². The lowest BCUT2D eigenvalue weighted by Crippen LogP contribution is -2.58. The molecule has 1 aromatic carbocycles. The summed E-state index contributed by atoms with van der Waals surface area (Å²) in [6, 6.07) is 5.76. The second-order valence-corrected chi connectivity index (χ2v) is 7.38. The van der Waals surface area contributed by atoms with Crippen molar-refractivity contribution in [3.05, 3.63) is 51.0 Å². The SMILES string of the molecule is CC12CCC(c3c1nnc(-c1ccc([N+](=O)[O-])cc1)[n+]3[O-])C(C)(C)O2. The Kier molecular flexibility index (Phi) is 3.15. The number of aromatic nitrogens is 3. The Morgan fingerprint density at radius 3 is 2.52 bits per heavy atom. The predicted molar refractivity (Wildman–Crippen MR) is 87.6 cm³/mol. The smallest absolute Gasteiger partial charge is 0.361 e. The van der Waals surface area contributed by atoms with Crippen molar-refractivity contribution in [1.82, 2.24) is 10.2 Å². The molecule has 8 heteroatoms. The number of fused-ring (bicyclic) bond motifs is 2. The third kappa shape index (κ3) is 2.21. The Morgan fingerprint density at radius 2 is 1.92 bits per heavy atom. The van der Waals surface area contributed by atoms with Crippen LogP contribution in [0.4, 0.5) is 5.69 Å². The minimum absolute atomic E-state index is 0.0341. The van der Waals surface area contributed by atoms with Crippen LogP contribution in [0.3, 0.4) is 0 Å². The number of non-ortho nitro benzene ring substituents is 1. The normalized spacial score (nSPS) is 26.3. The second kappa shape index (κ2) is 4.95. The number of hydrogen-bond acceptors (Lipinski definition) is 6. The fourth-order valence-electron chi connectivity index (χ4n) is 4.09. The van der Waals surface area contributed by atoms with Gasteiger partial charge in [-0.05, 0) is 50.8 Å². The molecule has 3 heterocycles. The molecular formula is C17H18N4O4. The molecule has 1 fully saturated rings. The molecule has 0 spiro atoms. The Balaban J connectivity index is 1.86. The first kappa shape index (κ1) is 15.9. The van der Waals surface area contributed by atoms with Gasteiger partial charge in [0.2, 0.25) is 0 Å². The van der Waals surface area contributed by atoms with E-state index in [4.69, 9.17) is 4.74 Å². The van der Waals surface area contributed by atoms with Gasteiger partial charge in [-0.3, -0.25) is 10.1 Å². The van der Waals surface area contributed by atoms with Crippen molar-refractivity contribution in [1.29, 1.82) is 0 Å². The molecule has 5 rings (SSSR count). The molecule has 0 saturated carbocycles. The number of nitro groups is 1. The standard InChI is InChI=1S/C17H18N4O4/c1-16(2)12-8-9-17(3,25-16)14-13(12)20(22)15(19-18-14)10-4-6-11(7-5-10)21(23)24/h4-7,12H,8-9H2,1-3H3. The van der Waals surface area contributed by atoms with Gasteiger partial charge in [0.1, 0.15) is 11.3 Å². The summed E-state index contributed by atoms with van der Waals surface area (Å²) in [5, 5.41) is 32.3. The van der Waals surface area contributed by atoms with E-state index in [9.17, 15) is 15.3 Å². The van der Waals surface area contributed by atoms with Crippen LogP contribution >= 0.6 is 0 Å². The van der Waals surface area contributed by atoms with Gasteiger partial charge in [-0.1, -0.05) is 0 Å². The highest BCUT2D eigenvalue weighted by Crippen LogP contribution is 2.54. The van der Waals surface area contributed by atoms with Crippen LogP contribution in [0.25, 0.3) is 11.4 Å². The minimum atomic E-state index is -0.610. The first-order valence-electron chi connectivity index (χ1n) is 8.18. The van der Waals surface area contributed by atoms with E-state index in [0.717, 1.165) is 17.6 Å². The first-order chi connectivity index (χ1) is 11.7. The zero-order valence-corrected chi connectivity index (χ0v) is 14.2. The highest BCUT2D eigenvalue weighted by atomic mass is 16.6. The highest BCUT2D eigenvalue weighted by molar-refractivity contribution is 5.55. The number of nitro benzene ring substituents is 1. The molecule has 2 aromatic rings. The van der Waals surface area contributed by atoms with E-state index in [1.807, 2.05) is 20.8 Å². The maximum atomic E-state index is 13.1. The lowest BCUT2D eigenvalue weighted by Gasteiger charge is -2.52. The van der Waals surface area contributed by atoms with Gasteiger partial charge in [-0.2, -0.15) is 0 Å². The molecule has 2 aliphatic heterocycles. The third-order valence-electron chi connectivity index (χ3n) is 5.30. The number of nitrogens with zero attached hydrogens (tertiary/aromatic N) is 4. The zero-order valence-electron chi connectivity index (χ0n) is 14.2. The summed E-state index contributed by atoms with van der Waals surface area (Å²) in [6.07, 6.45) is 1.66. The van der Waals surface area contributed by atoms with Gasteiger partial charge in [-0.15, -0.1) is 0 Å². The van der Waals surface area contributed by atoms with Crippen LogP contribution < -0.4 is 4.73 Å². The second-order valence-electron chi connectivity index (χ2n) is 7.38. The van der Waals surface area contributed by atoms with Crippen molar-refractivity contribution in [2.24, 2.45) is 0 Å². The van der Waals surface area contributed by atoms with Crippen LogP contribution in [-0.2, 0) is 10.3 Å². The van der Waals surface area contributed by atoms with Crippen LogP contribution in [0, 0.1) is 15.3 Å². The van der Waals surface area contributed by atoms with Crippen LogP contribution in [0.5, 0.6) is 0 Å². The van der Waals surface area contributed by atoms with E-state index in [2.05, 4.69) is 10.2 Å². The third-order valence-corrected chi connectivity index (χ3v) is 5.30. The number of ether oxygens (including phenoxy) is 1. The van der Waals surface area contributed by atoms with E-state index in [0.29, 0.717) is 17.0 Å². The monoisotopic (exact) mass is 342 g/mol. The number of benzene rings is 1. The zero-order chi connectivity index (χ0) is 18.0. The molecule has 2 bridgehead atoms. The molecule has 0 radical (unpaired) electrons. The molecule has 0 amide bonds. The maximum Gasteiger partial charge on any atom is 0.361 e. The minimum Gasteiger partial charge on any atom is -0.710 e. The van der Waals surface area contributed by atoms with Crippen molar-refractivity contribution in [2.75, 3.05) is 0 Å². The molecule has 1 aliphatic carbocycles. The molecule has 0 N–H and O–H groups in total. The summed E-state index contributed by atoms with van der Waals surface area (Å²) in [4.78, 5) is 10.3. The molecule has 25 heavy (non-hydrogen) atoms. The summed E-state index contributed by atoms with van der Waals surface area (Å²) in [5.74, 6) is 0.0923. The number of hydrogen-bond donors (Lipinski definition) is 0. The van der Waals surface area contributed by atoms with Crippen molar-refractivity contribution in [3.8, 4) is 11.4 Å². The molecule has 2 atom stereocenters. The van der Waals surface area contributed by atoms with Crippen LogP contribution in [0.2, 0.25) is 0 Å². The van der Waals surface area contributed by atoms with Gasteiger partial charge >= 0.3 is 5.82 Å². The van der Waals surface area contributed by atoms with E-state index in [1.54, 1.807) is 0 Å². The number of rotatable bonds is 2. The lowest BCUT2D eigenvalue weighted by molar-refractivity contribution is -0.613. The Labute approximate surface area is 144 Å². The lowest BCUT2D eigenvalue weighted by atomic mass is 9.69. The molecule has 3 aliphatic rings. The van der Waals surface area contributed by atoms with Crippen molar-refractivity contribution >= 4 is 5.69 Å². The largest absolute Gasteiger partial charge is 0.710 e. The van der Waals surface area contributed by atoms with Gasteiger partial charge < -0.3 is 9.94 Å². The Morgan fingerprint density at radius 1 is 1.24 bits per heavy atom. The van der Waals surface area contributed by atoms with E-state index < -0.39 is 16.1 Å². The molecule has 1 saturated heterocycles. The predicted octanol–water partition coefficient (Wildman–Crippen LogP) is 2.59. The van der Waals surface area contributed by atoms with E-state index >= 15 is 0 Å². The van der Waals surface area contributed by atoms with E-state index in [-0.39, 0.29) is 17.4 Å². The molecular weight excluding hydrogens is 324 g/mol. The van der Waals surface area contributed by atoms with Crippen LogP contribution in [0.15, 0.2) is 24.3 Å². The maximum absolute atomic E-state index is 13.1. The van der Waals surface area contributed by atoms with Gasteiger partial charge in [0.15, 0.2) is 5.69 Å². The first-order valence-corrected chi connectivity index (χ1v) is 8.18. The summed E-state index contributed by atoms with van der Waals surface area (Å²) < 4.78 is 7.03. The van der Waals surface area contributed by atoms with Crippen molar-refractivity contribution < 1.29 is 14.4 Å². The van der Waals surface area contributed by atoms with Gasteiger partial charge in [0.25, 0.3) is 5.69 Å². The Hall–Kier alpha value is -2.61. The topological polar surface area (TPSA) is 105 Å². The fourth-order valence-corrected chi connectivity index (χ4v) is 4.09.